The lowest BCUT2D eigenvalue weighted by Gasteiger charge is -2.20. The topological polar surface area (TPSA) is 52.6 Å². The second-order valence-corrected chi connectivity index (χ2v) is 6.66. The molecule has 0 amide bonds. The zero-order chi connectivity index (χ0) is 13.9. The van der Waals surface area contributed by atoms with E-state index in [1.54, 1.807) is 11.4 Å². The molecule has 0 saturated carbocycles. The average Bonchev–Trinajstić information content (AvgIpc) is 3.04. The lowest BCUT2D eigenvalue weighted by Crippen LogP contribution is -2.19. The van der Waals surface area contributed by atoms with Crippen molar-refractivity contribution in [3.8, 4) is 0 Å². The molecule has 0 aliphatic carbocycles. The molecule has 1 unspecified atom stereocenters. The van der Waals surface area contributed by atoms with Crippen LogP contribution in [0.2, 0.25) is 0 Å². The molecule has 19 heavy (non-hydrogen) atoms. The fraction of sp³-hybridized carbons (Fsp3) is 0.333. The van der Waals surface area contributed by atoms with Gasteiger partial charge in [-0.3, -0.25) is 4.79 Å². The first-order valence-corrected chi connectivity index (χ1v) is 7.54. The zero-order valence-corrected chi connectivity index (χ0v) is 12.4. The summed E-state index contributed by atoms with van der Waals surface area (Å²) < 4.78 is 9.22. The molecule has 0 aromatic carbocycles. The van der Waals surface area contributed by atoms with Crippen LogP contribution in [0.15, 0.2) is 22.9 Å². The highest BCUT2D eigenvalue weighted by atomic mass is 35.5. The Kier molecular flexibility index (Phi) is 4.67. The number of thiophene rings is 1. The number of thioether (sulfide) groups is 1. The number of carbonyl (C=O) groups is 2. The minimum absolute atomic E-state index is 0.180. The van der Waals surface area contributed by atoms with Gasteiger partial charge in [-0.25, -0.2) is 4.79 Å². The van der Waals surface area contributed by atoms with Crippen LogP contribution in [0.3, 0.4) is 0 Å². The molecule has 1 aliphatic heterocycles. The Morgan fingerprint density at radius 1 is 1.53 bits per heavy atom. The van der Waals surface area contributed by atoms with Crippen molar-refractivity contribution in [1.82, 2.24) is 0 Å². The van der Waals surface area contributed by atoms with Crippen molar-refractivity contribution in [3.63, 3.8) is 0 Å². The predicted octanol–water partition coefficient (Wildman–Crippen LogP) is 3.16. The molecule has 7 heteroatoms. The molecule has 2 rings (SSSR count). The lowest BCUT2D eigenvalue weighted by atomic mass is 10.2. The Bertz CT molecular complexity index is 516. The fourth-order valence-electron chi connectivity index (χ4n) is 1.50. The van der Waals surface area contributed by atoms with Gasteiger partial charge in [-0.15, -0.1) is 11.3 Å². The van der Waals surface area contributed by atoms with Gasteiger partial charge in [0, 0.05) is 12.0 Å². The van der Waals surface area contributed by atoms with E-state index in [0.29, 0.717) is 16.9 Å². The number of carbonyl (C=O) groups excluding carboxylic acids is 2. The summed E-state index contributed by atoms with van der Waals surface area (Å²) in [5.74, 6) is -1.53. The van der Waals surface area contributed by atoms with Gasteiger partial charge in [0.25, 0.3) is 5.78 Å². The number of ketones is 1. The third kappa shape index (κ3) is 3.39. The number of methoxy groups -OCH3 is 1. The van der Waals surface area contributed by atoms with Gasteiger partial charge in [0.05, 0.1) is 18.6 Å². The summed E-state index contributed by atoms with van der Waals surface area (Å²) in [4.78, 5) is 23.3. The predicted molar refractivity (Wildman–Crippen MR) is 75.4 cm³/mol. The maximum Gasteiger partial charge on any atom is 0.380 e. The van der Waals surface area contributed by atoms with Crippen LogP contribution in [0, 0.1) is 0 Å². The maximum atomic E-state index is 11.8. The molecule has 0 radical (unpaired) electrons. The number of hydrogen-bond donors (Lipinski definition) is 0. The minimum atomic E-state index is -0.874. The number of rotatable bonds is 5. The quantitative estimate of drug-likeness (QED) is 0.361. The van der Waals surface area contributed by atoms with Crippen molar-refractivity contribution in [2.75, 3.05) is 7.11 Å². The van der Waals surface area contributed by atoms with Gasteiger partial charge < -0.3 is 9.47 Å². The molecule has 1 aliphatic rings. The van der Waals surface area contributed by atoms with Gasteiger partial charge >= 0.3 is 5.97 Å². The fourth-order valence-corrected chi connectivity index (χ4v) is 3.35. The first-order chi connectivity index (χ1) is 9.06. The zero-order valence-electron chi connectivity index (χ0n) is 10.1. The van der Waals surface area contributed by atoms with Crippen LogP contribution in [0.5, 0.6) is 0 Å². The lowest BCUT2D eigenvalue weighted by molar-refractivity contribution is -0.135. The number of esters is 1. The molecule has 0 fully saturated rings. The third-order valence-electron chi connectivity index (χ3n) is 2.47. The standard InChI is InChI=1S/C12H11ClO4S2/c1-16-11(15)9(14)10-8(3-6-18-10)7-17-12(13)4-2-5-19-12/h2-3,5-6H,4,7H2,1H3. The van der Waals surface area contributed by atoms with Crippen molar-refractivity contribution >= 4 is 46.5 Å². The molecule has 102 valence electrons. The van der Waals surface area contributed by atoms with Crippen LogP contribution in [-0.4, -0.2) is 23.3 Å². The molecule has 2 heterocycles. The SMILES string of the molecule is COC(=O)C(=O)c1sccc1COC1(Cl)CC=CS1. The van der Waals surface area contributed by atoms with E-state index in [4.69, 9.17) is 16.3 Å². The van der Waals surface area contributed by atoms with Gasteiger partial charge in [-0.1, -0.05) is 29.4 Å². The number of halogens is 1. The van der Waals surface area contributed by atoms with E-state index in [2.05, 4.69) is 4.74 Å². The van der Waals surface area contributed by atoms with Crippen LogP contribution in [-0.2, 0) is 20.9 Å². The highest BCUT2D eigenvalue weighted by Crippen LogP contribution is 2.42. The molecule has 1 aromatic heterocycles. The number of Topliss-reactive ketones (excluding diaryl/α,β-unsaturated/α-hetero) is 1. The highest BCUT2D eigenvalue weighted by Gasteiger charge is 2.31. The van der Waals surface area contributed by atoms with E-state index < -0.39 is 16.1 Å². The number of ether oxygens (including phenoxy) is 2. The van der Waals surface area contributed by atoms with E-state index in [1.165, 1.54) is 30.2 Å². The van der Waals surface area contributed by atoms with E-state index in [1.807, 2.05) is 11.5 Å². The number of hydrogen-bond acceptors (Lipinski definition) is 6. The highest BCUT2D eigenvalue weighted by molar-refractivity contribution is 8.04. The van der Waals surface area contributed by atoms with Gasteiger partial charge in [-0.05, 0) is 16.9 Å². The van der Waals surface area contributed by atoms with Crippen LogP contribution in [0.25, 0.3) is 0 Å². The van der Waals surface area contributed by atoms with E-state index in [0.717, 1.165) is 0 Å². The van der Waals surface area contributed by atoms with E-state index >= 15 is 0 Å². The molecule has 0 saturated heterocycles. The molecule has 1 atom stereocenters. The Morgan fingerprint density at radius 2 is 2.32 bits per heavy atom. The normalized spacial score (nSPS) is 21.6. The molecule has 0 spiro atoms. The Labute approximate surface area is 123 Å². The van der Waals surface area contributed by atoms with Gasteiger partial charge in [0.1, 0.15) is 0 Å². The summed E-state index contributed by atoms with van der Waals surface area (Å²) in [6.07, 6.45) is 2.52. The summed E-state index contributed by atoms with van der Waals surface area (Å²) in [7, 11) is 1.18. The minimum Gasteiger partial charge on any atom is -0.463 e. The molecule has 0 N–H and O–H groups in total. The first kappa shape index (κ1) is 14.6. The second-order valence-electron chi connectivity index (χ2n) is 3.74. The Balaban J connectivity index is 2.04. The van der Waals surface area contributed by atoms with Crippen molar-refractivity contribution in [3.05, 3.63) is 33.4 Å². The van der Waals surface area contributed by atoms with Crippen molar-refractivity contribution in [2.24, 2.45) is 0 Å². The molecule has 4 nitrogen and oxygen atoms in total. The van der Waals surface area contributed by atoms with E-state index in [9.17, 15) is 9.59 Å². The van der Waals surface area contributed by atoms with Gasteiger partial charge in [0.15, 0.2) is 4.39 Å². The largest absolute Gasteiger partial charge is 0.463 e. The summed E-state index contributed by atoms with van der Waals surface area (Å²) in [6.45, 7) is 0.180. The summed E-state index contributed by atoms with van der Waals surface area (Å²) in [5.41, 5.74) is 0.646. The monoisotopic (exact) mass is 318 g/mol. The van der Waals surface area contributed by atoms with Crippen LogP contribution < -0.4 is 0 Å². The molecular formula is C12H11ClO4S2. The third-order valence-corrected chi connectivity index (χ3v) is 4.92. The van der Waals surface area contributed by atoms with Crippen LogP contribution >= 0.6 is 34.7 Å². The second kappa shape index (κ2) is 6.09. The molecular weight excluding hydrogens is 308 g/mol. The van der Waals surface area contributed by atoms with Crippen molar-refractivity contribution in [2.45, 2.75) is 17.4 Å². The smallest absolute Gasteiger partial charge is 0.380 e. The Hall–Kier alpha value is -0.820. The summed E-state index contributed by atoms with van der Waals surface area (Å²) in [6, 6.07) is 1.74. The van der Waals surface area contributed by atoms with Crippen molar-refractivity contribution < 1.29 is 19.1 Å². The Morgan fingerprint density at radius 3 is 2.95 bits per heavy atom. The summed E-state index contributed by atoms with van der Waals surface area (Å²) in [5, 5.41) is 3.61. The van der Waals surface area contributed by atoms with Crippen LogP contribution in [0.4, 0.5) is 0 Å². The molecule has 1 aromatic rings. The summed E-state index contributed by atoms with van der Waals surface area (Å²) >= 11 is 8.78. The maximum absolute atomic E-state index is 11.8. The molecule has 0 bridgehead atoms. The van der Waals surface area contributed by atoms with Crippen molar-refractivity contribution in [1.29, 1.82) is 0 Å². The first-order valence-electron chi connectivity index (χ1n) is 5.40. The van der Waals surface area contributed by atoms with Gasteiger partial charge in [-0.2, -0.15) is 0 Å². The van der Waals surface area contributed by atoms with Crippen LogP contribution in [0.1, 0.15) is 21.7 Å². The average molecular weight is 319 g/mol. The van der Waals surface area contributed by atoms with Gasteiger partial charge in [0.2, 0.25) is 0 Å². The number of alkyl halides is 1. The van der Waals surface area contributed by atoms with E-state index in [-0.39, 0.29) is 6.61 Å².